The molecular formula is C25H28N2O10. The van der Waals surface area contributed by atoms with Crippen LogP contribution in [-0.4, -0.2) is 66.4 Å². The number of phenolic OH excluding ortho intramolecular Hbond substituents is 1. The molecule has 12 nitrogen and oxygen atoms in total. The van der Waals surface area contributed by atoms with Crippen molar-refractivity contribution in [3.8, 4) is 5.75 Å². The summed E-state index contributed by atoms with van der Waals surface area (Å²) in [6.45, 7) is 6.51. The maximum atomic E-state index is 13.6. The number of hydrogen-bond donors (Lipinski definition) is 7. The highest BCUT2D eigenvalue weighted by atomic mass is 16.6. The van der Waals surface area contributed by atoms with Gasteiger partial charge in [-0.2, -0.15) is 0 Å². The molecule has 12 heteroatoms. The first kappa shape index (κ1) is 26.2. The SMILES string of the molecule is C[C@H]1c2ccc(NC(=O)OC(C)(C)C)c(O)c2C(=O)C2=C(O)[C@]3(O)C(=O)C(C(N)=O)=C(O)C[C@@H]3[C@@H](O)[C@@H]21. The predicted octanol–water partition coefficient (Wildman–Crippen LogP) is 1.46. The Hall–Kier alpha value is -3.90. The highest BCUT2D eigenvalue weighted by Gasteiger charge is 2.64. The summed E-state index contributed by atoms with van der Waals surface area (Å²) < 4.78 is 5.17. The number of primary amides is 1. The number of fused-ring (bicyclic) bond motifs is 3. The van der Waals surface area contributed by atoms with Crippen LogP contribution in [0.15, 0.2) is 34.8 Å². The number of anilines is 1. The van der Waals surface area contributed by atoms with Crippen LogP contribution in [0.1, 0.15) is 56.0 Å². The fourth-order valence-corrected chi connectivity index (χ4v) is 5.51. The number of rotatable bonds is 2. The number of ether oxygens (including phenoxy) is 1. The van der Waals surface area contributed by atoms with Crippen molar-refractivity contribution in [3.63, 3.8) is 0 Å². The summed E-state index contributed by atoms with van der Waals surface area (Å²) in [6.07, 6.45) is -3.08. The van der Waals surface area contributed by atoms with Gasteiger partial charge in [-0.05, 0) is 38.3 Å². The van der Waals surface area contributed by atoms with Crippen LogP contribution in [0.3, 0.4) is 0 Å². The Morgan fingerprint density at radius 1 is 1.16 bits per heavy atom. The van der Waals surface area contributed by atoms with E-state index in [9.17, 15) is 44.7 Å². The van der Waals surface area contributed by atoms with Gasteiger partial charge < -0.3 is 36.0 Å². The fourth-order valence-electron chi connectivity index (χ4n) is 5.51. The van der Waals surface area contributed by atoms with Gasteiger partial charge in [-0.3, -0.25) is 19.7 Å². The van der Waals surface area contributed by atoms with E-state index in [1.54, 1.807) is 27.7 Å². The molecule has 37 heavy (non-hydrogen) atoms. The minimum atomic E-state index is -2.92. The molecule has 5 atom stereocenters. The van der Waals surface area contributed by atoms with Gasteiger partial charge in [0.2, 0.25) is 5.78 Å². The third kappa shape index (κ3) is 3.75. The van der Waals surface area contributed by atoms with E-state index >= 15 is 0 Å². The number of carbonyl (C=O) groups is 4. The van der Waals surface area contributed by atoms with Crippen molar-refractivity contribution in [2.45, 2.75) is 57.3 Å². The average molecular weight is 517 g/mol. The number of nitrogens with one attached hydrogen (secondary N) is 1. The Morgan fingerprint density at radius 3 is 2.35 bits per heavy atom. The van der Waals surface area contributed by atoms with E-state index in [1.165, 1.54) is 12.1 Å². The number of aromatic hydroxyl groups is 1. The summed E-state index contributed by atoms with van der Waals surface area (Å²) in [5.41, 5.74) is -0.268. The summed E-state index contributed by atoms with van der Waals surface area (Å²) in [6, 6.07) is 2.81. The molecule has 0 heterocycles. The molecular weight excluding hydrogens is 488 g/mol. The zero-order chi connectivity index (χ0) is 27.8. The first-order valence-corrected chi connectivity index (χ1v) is 11.5. The highest BCUT2D eigenvalue weighted by molar-refractivity contribution is 6.24. The topological polar surface area (TPSA) is 217 Å². The van der Waals surface area contributed by atoms with Gasteiger partial charge in [0, 0.05) is 23.8 Å². The third-order valence-corrected chi connectivity index (χ3v) is 7.13. The highest BCUT2D eigenvalue weighted by Crippen LogP contribution is 2.55. The number of ketones is 2. The van der Waals surface area contributed by atoms with Gasteiger partial charge in [-0.25, -0.2) is 4.79 Å². The summed E-state index contributed by atoms with van der Waals surface area (Å²) in [5, 5.41) is 57.2. The summed E-state index contributed by atoms with van der Waals surface area (Å²) in [7, 11) is 0. The molecule has 1 aromatic rings. The molecule has 3 aliphatic carbocycles. The first-order chi connectivity index (χ1) is 17.0. The summed E-state index contributed by atoms with van der Waals surface area (Å²) in [5.74, 6) is -9.65. The summed E-state index contributed by atoms with van der Waals surface area (Å²) >= 11 is 0. The Bertz CT molecular complexity index is 1320. The molecule has 3 aliphatic rings. The zero-order valence-electron chi connectivity index (χ0n) is 20.5. The van der Waals surface area contributed by atoms with E-state index < -0.39 is 93.5 Å². The molecule has 0 unspecified atom stereocenters. The lowest BCUT2D eigenvalue weighted by molar-refractivity contribution is -0.154. The van der Waals surface area contributed by atoms with E-state index in [1.807, 2.05) is 0 Å². The lowest BCUT2D eigenvalue weighted by atomic mass is 9.56. The maximum Gasteiger partial charge on any atom is 0.412 e. The number of nitrogens with two attached hydrogens (primary N) is 1. The van der Waals surface area contributed by atoms with Crippen molar-refractivity contribution in [1.82, 2.24) is 0 Å². The number of Topliss-reactive ketones (excluding diaryl/α,β-unsaturated/α-hetero) is 2. The number of allylic oxidation sites excluding steroid dienone is 1. The third-order valence-electron chi connectivity index (χ3n) is 7.13. The normalized spacial score (nSPS) is 29.4. The molecule has 198 valence electrons. The molecule has 0 aromatic heterocycles. The van der Waals surface area contributed by atoms with Gasteiger partial charge in [0.25, 0.3) is 5.91 Å². The van der Waals surface area contributed by atoms with Crippen molar-refractivity contribution in [3.05, 3.63) is 45.9 Å². The number of carbonyl (C=O) groups excluding carboxylic acids is 4. The Balaban J connectivity index is 1.86. The minimum Gasteiger partial charge on any atom is -0.511 e. The zero-order valence-corrected chi connectivity index (χ0v) is 20.5. The lowest BCUT2D eigenvalue weighted by Gasteiger charge is -2.50. The molecule has 0 aliphatic heterocycles. The van der Waals surface area contributed by atoms with Crippen molar-refractivity contribution < 1.29 is 49.4 Å². The van der Waals surface area contributed by atoms with Crippen LogP contribution in [0.2, 0.25) is 0 Å². The molecule has 0 saturated carbocycles. The number of aliphatic hydroxyl groups excluding tert-OH is 3. The number of aliphatic hydroxyl groups is 4. The molecule has 2 amide bonds. The standard InChI is InChI=1S/C25H28N2O10/c1-8-9-5-6-11(27-23(35)37-24(2,3)4)18(30)14(9)19(31)16-13(8)17(29)10-7-12(28)15(22(26)34)20(32)25(10,36)21(16)33/h5-6,8,10,13,17,28-30,33,36H,7H2,1-4H3,(H2,26,34)(H,27,35)/t8-,10+,13+,17+,25+/m0/s1. The van der Waals surface area contributed by atoms with Gasteiger partial charge >= 0.3 is 6.09 Å². The average Bonchev–Trinajstić information content (AvgIpc) is 2.76. The molecule has 8 N–H and O–H groups in total. The molecule has 0 fully saturated rings. The molecule has 0 spiro atoms. The number of amides is 2. The second kappa shape index (κ2) is 8.32. The van der Waals surface area contributed by atoms with E-state index in [-0.39, 0.29) is 16.8 Å². The Kier molecular flexibility index (Phi) is 5.88. The number of hydrogen-bond acceptors (Lipinski definition) is 10. The minimum absolute atomic E-state index is 0.169. The van der Waals surface area contributed by atoms with E-state index in [2.05, 4.69) is 5.32 Å². The fraction of sp³-hybridized carbons (Fsp3) is 0.440. The molecule has 4 rings (SSSR count). The van der Waals surface area contributed by atoms with Crippen LogP contribution >= 0.6 is 0 Å². The van der Waals surface area contributed by atoms with Gasteiger partial charge in [0.05, 0.1) is 17.4 Å². The van der Waals surface area contributed by atoms with Crippen LogP contribution < -0.4 is 11.1 Å². The largest absolute Gasteiger partial charge is 0.511 e. The Labute approximate surface area is 211 Å². The molecule has 0 saturated heterocycles. The summed E-state index contributed by atoms with van der Waals surface area (Å²) in [4.78, 5) is 50.7. The molecule has 0 radical (unpaired) electrons. The first-order valence-electron chi connectivity index (χ1n) is 11.5. The van der Waals surface area contributed by atoms with E-state index in [4.69, 9.17) is 10.5 Å². The van der Waals surface area contributed by atoms with E-state index in [0.29, 0.717) is 0 Å². The van der Waals surface area contributed by atoms with Crippen LogP contribution in [0, 0.1) is 11.8 Å². The quantitative estimate of drug-likeness (QED) is 0.222. The van der Waals surface area contributed by atoms with Gasteiger partial charge in [-0.15, -0.1) is 0 Å². The van der Waals surface area contributed by atoms with Crippen LogP contribution in [0.25, 0.3) is 0 Å². The lowest BCUT2D eigenvalue weighted by Crippen LogP contribution is -2.62. The predicted molar refractivity (Wildman–Crippen MR) is 127 cm³/mol. The van der Waals surface area contributed by atoms with Gasteiger partial charge in [0.15, 0.2) is 17.1 Å². The van der Waals surface area contributed by atoms with Crippen molar-refractivity contribution in [1.29, 1.82) is 0 Å². The number of benzene rings is 1. The van der Waals surface area contributed by atoms with Crippen LogP contribution in [0.4, 0.5) is 10.5 Å². The van der Waals surface area contributed by atoms with Crippen LogP contribution in [0.5, 0.6) is 5.75 Å². The van der Waals surface area contributed by atoms with Gasteiger partial charge in [-0.1, -0.05) is 13.0 Å². The number of phenols is 1. The second-order valence-corrected chi connectivity index (χ2v) is 10.5. The smallest absolute Gasteiger partial charge is 0.412 e. The molecule has 0 bridgehead atoms. The van der Waals surface area contributed by atoms with Crippen LogP contribution in [-0.2, 0) is 14.3 Å². The van der Waals surface area contributed by atoms with Crippen molar-refractivity contribution >= 4 is 29.3 Å². The van der Waals surface area contributed by atoms with Crippen molar-refractivity contribution in [2.24, 2.45) is 17.6 Å². The van der Waals surface area contributed by atoms with Gasteiger partial charge in [0.1, 0.15) is 22.7 Å². The second-order valence-electron chi connectivity index (χ2n) is 10.5. The van der Waals surface area contributed by atoms with Crippen molar-refractivity contribution in [2.75, 3.05) is 5.32 Å². The van der Waals surface area contributed by atoms with E-state index in [0.717, 1.165) is 0 Å². The maximum absolute atomic E-state index is 13.6. The molecule has 1 aromatic carbocycles. The Morgan fingerprint density at radius 2 is 1.78 bits per heavy atom. The monoisotopic (exact) mass is 516 g/mol.